The number of aryl methyl sites for hydroxylation is 2. The summed E-state index contributed by atoms with van der Waals surface area (Å²) in [4.78, 5) is 0. The Labute approximate surface area is 222 Å². The minimum Gasteiger partial charge on any atom is -0.394 e. The van der Waals surface area contributed by atoms with Crippen molar-refractivity contribution in [3.63, 3.8) is 0 Å². The van der Waals surface area contributed by atoms with Crippen LogP contribution in [-0.2, 0) is 27.1 Å². The van der Waals surface area contributed by atoms with Crippen molar-refractivity contribution in [1.82, 2.24) is 0 Å². The van der Waals surface area contributed by atoms with Gasteiger partial charge in [0, 0.05) is 13.2 Å². The van der Waals surface area contributed by atoms with E-state index in [0.29, 0.717) is 19.8 Å². The van der Waals surface area contributed by atoms with Crippen LogP contribution in [0.15, 0.2) is 48.5 Å². The van der Waals surface area contributed by atoms with E-state index < -0.39 is 0 Å². The molecule has 4 nitrogen and oxygen atoms in total. The number of aliphatic hydroxyl groups is 1. The fraction of sp³-hybridized carbons (Fsp3) is 0.515. The zero-order valence-electron chi connectivity index (χ0n) is 23.1. The Kier molecular flexibility index (Phi) is 9.77. The maximum absolute atomic E-state index is 8.94. The van der Waals surface area contributed by atoms with Crippen molar-refractivity contribution in [3.05, 3.63) is 59.7 Å². The summed E-state index contributed by atoms with van der Waals surface area (Å²) >= 11 is 0. The van der Waals surface area contributed by atoms with Gasteiger partial charge in [-0.05, 0) is 95.8 Å². The number of ether oxygens (including phenoxy) is 3. The van der Waals surface area contributed by atoms with E-state index in [0.717, 1.165) is 45.1 Å². The van der Waals surface area contributed by atoms with Crippen molar-refractivity contribution in [3.8, 4) is 0 Å². The van der Waals surface area contributed by atoms with Crippen molar-refractivity contribution in [2.24, 2.45) is 0 Å². The van der Waals surface area contributed by atoms with E-state index in [1.165, 1.54) is 43.4 Å². The highest BCUT2D eigenvalue weighted by Gasteiger charge is 2.18. The Bertz CT molecular complexity index is 1260. The Morgan fingerprint density at radius 3 is 2.32 bits per heavy atom. The fourth-order valence-corrected chi connectivity index (χ4v) is 5.14. The number of benzene rings is 4. The molecule has 4 aromatic rings. The Morgan fingerprint density at radius 1 is 0.811 bits per heavy atom. The lowest BCUT2D eigenvalue weighted by molar-refractivity contribution is -0.0827. The predicted molar refractivity (Wildman–Crippen MR) is 155 cm³/mol. The summed E-state index contributed by atoms with van der Waals surface area (Å²) in [5, 5.41) is 17.0. The van der Waals surface area contributed by atoms with Crippen LogP contribution in [0.25, 0.3) is 32.3 Å². The summed E-state index contributed by atoms with van der Waals surface area (Å²) in [5.74, 6) is 0. The highest BCUT2D eigenvalue weighted by atomic mass is 16.5. The first-order valence-corrected chi connectivity index (χ1v) is 14.1. The monoisotopic (exact) mass is 504 g/mol. The van der Waals surface area contributed by atoms with Gasteiger partial charge in [0.2, 0.25) is 0 Å². The quantitative estimate of drug-likeness (QED) is 0.127. The number of hydrogen-bond donors (Lipinski definition) is 1. The highest BCUT2D eigenvalue weighted by Crippen LogP contribution is 2.38. The minimum absolute atomic E-state index is 0.0801. The zero-order valence-corrected chi connectivity index (χ0v) is 23.1. The molecule has 0 aliphatic carbocycles. The molecule has 0 amide bonds. The van der Waals surface area contributed by atoms with Crippen LogP contribution >= 0.6 is 0 Å². The lowest BCUT2D eigenvalue weighted by atomic mass is 9.88. The molecule has 0 bridgehead atoms. The summed E-state index contributed by atoms with van der Waals surface area (Å²) in [6.45, 7) is 11.2. The molecule has 0 radical (unpaired) electrons. The van der Waals surface area contributed by atoms with Gasteiger partial charge in [-0.2, -0.15) is 0 Å². The molecule has 4 rings (SSSR count). The van der Waals surface area contributed by atoms with Gasteiger partial charge in [0.25, 0.3) is 0 Å². The van der Waals surface area contributed by atoms with E-state index in [9.17, 15) is 0 Å². The van der Waals surface area contributed by atoms with Crippen LogP contribution < -0.4 is 0 Å². The molecule has 0 aliphatic rings. The maximum Gasteiger partial charge on any atom is 0.0806 e. The molecule has 0 fully saturated rings. The van der Waals surface area contributed by atoms with Gasteiger partial charge >= 0.3 is 0 Å². The summed E-state index contributed by atoms with van der Waals surface area (Å²) in [6, 6.07) is 18.2. The molecular formula is C33H44O4. The smallest absolute Gasteiger partial charge is 0.0806 e. The molecule has 1 N–H and O–H groups in total. The third kappa shape index (κ3) is 6.80. The SMILES string of the molecule is CCC(COC(C)(C)CC)OCCCc1ccc2cc(CCCOCCO)c3cccc4ccc1c2c43. The molecule has 1 atom stereocenters. The molecule has 200 valence electrons. The van der Waals surface area contributed by atoms with Crippen molar-refractivity contribution in [1.29, 1.82) is 0 Å². The zero-order chi connectivity index (χ0) is 26.3. The summed E-state index contributed by atoms with van der Waals surface area (Å²) in [6.07, 6.45) is 6.03. The van der Waals surface area contributed by atoms with Crippen LogP contribution in [0.5, 0.6) is 0 Å². The molecule has 0 saturated heterocycles. The Balaban J connectivity index is 1.48. The largest absolute Gasteiger partial charge is 0.394 e. The molecule has 4 heteroatoms. The number of rotatable bonds is 16. The van der Waals surface area contributed by atoms with Gasteiger partial charge in [0.1, 0.15) is 0 Å². The van der Waals surface area contributed by atoms with Crippen molar-refractivity contribution >= 4 is 32.3 Å². The van der Waals surface area contributed by atoms with Crippen molar-refractivity contribution < 1.29 is 19.3 Å². The third-order valence-corrected chi connectivity index (χ3v) is 7.70. The molecule has 0 heterocycles. The second kappa shape index (κ2) is 13.0. The van der Waals surface area contributed by atoms with Crippen LogP contribution in [0.1, 0.15) is 64.5 Å². The average Bonchev–Trinajstić information content (AvgIpc) is 2.92. The molecule has 37 heavy (non-hydrogen) atoms. The first kappa shape index (κ1) is 27.8. The standard InChI is InChI=1S/C33H44O4/c1-5-28(23-37-33(3,4)6-2)36-20-9-11-24-14-15-27-22-26(12-8-19-35-21-18-34)29-13-7-10-25-16-17-30(24)32(27)31(25)29/h7,10,13-17,22,28,34H,5-6,8-9,11-12,18-21,23H2,1-4H3. The minimum atomic E-state index is -0.0912. The van der Waals surface area contributed by atoms with E-state index in [2.05, 4.69) is 76.2 Å². The molecule has 0 spiro atoms. The molecule has 4 aromatic carbocycles. The van der Waals surface area contributed by atoms with Gasteiger partial charge in [-0.25, -0.2) is 0 Å². The van der Waals surface area contributed by atoms with E-state index in [1.807, 2.05) is 0 Å². The number of aliphatic hydroxyl groups excluding tert-OH is 1. The van der Waals surface area contributed by atoms with Gasteiger partial charge in [-0.15, -0.1) is 0 Å². The summed E-state index contributed by atoms with van der Waals surface area (Å²) < 4.78 is 17.8. The van der Waals surface area contributed by atoms with Crippen LogP contribution in [0.3, 0.4) is 0 Å². The Hall–Kier alpha value is -2.24. The van der Waals surface area contributed by atoms with E-state index in [-0.39, 0.29) is 18.3 Å². The van der Waals surface area contributed by atoms with E-state index in [1.54, 1.807) is 0 Å². The second-order valence-corrected chi connectivity index (χ2v) is 10.7. The van der Waals surface area contributed by atoms with Gasteiger partial charge in [0.15, 0.2) is 0 Å². The van der Waals surface area contributed by atoms with E-state index >= 15 is 0 Å². The molecule has 0 aromatic heterocycles. The van der Waals surface area contributed by atoms with Gasteiger partial charge in [-0.3, -0.25) is 0 Å². The van der Waals surface area contributed by atoms with Gasteiger partial charge in [0.05, 0.1) is 31.5 Å². The van der Waals surface area contributed by atoms with Crippen molar-refractivity contribution in [2.45, 2.75) is 77.9 Å². The lowest BCUT2D eigenvalue weighted by Gasteiger charge is -2.26. The first-order valence-electron chi connectivity index (χ1n) is 14.1. The molecular weight excluding hydrogens is 460 g/mol. The third-order valence-electron chi connectivity index (χ3n) is 7.70. The van der Waals surface area contributed by atoms with Crippen LogP contribution in [0, 0.1) is 0 Å². The highest BCUT2D eigenvalue weighted by molar-refractivity contribution is 6.24. The van der Waals surface area contributed by atoms with Crippen LogP contribution in [0.2, 0.25) is 0 Å². The Morgan fingerprint density at radius 2 is 1.54 bits per heavy atom. The van der Waals surface area contributed by atoms with Crippen LogP contribution in [0.4, 0.5) is 0 Å². The molecule has 0 aliphatic heterocycles. The summed E-state index contributed by atoms with van der Waals surface area (Å²) in [5.41, 5.74) is 2.68. The first-order chi connectivity index (χ1) is 18.0. The van der Waals surface area contributed by atoms with Gasteiger partial charge in [-0.1, -0.05) is 62.4 Å². The van der Waals surface area contributed by atoms with Crippen LogP contribution in [-0.4, -0.2) is 49.8 Å². The lowest BCUT2D eigenvalue weighted by Crippen LogP contribution is -2.30. The predicted octanol–water partition coefficient (Wildman–Crippen LogP) is 7.46. The second-order valence-electron chi connectivity index (χ2n) is 10.7. The molecule has 1 unspecified atom stereocenters. The summed E-state index contributed by atoms with van der Waals surface area (Å²) in [7, 11) is 0. The average molecular weight is 505 g/mol. The number of hydrogen-bond acceptors (Lipinski definition) is 4. The van der Waals surface area contributed by atoms with E-state index in [4.69, 9.17) is 19.3 Å². The van der Waals surface area contributed by atoms with Gasteiger partial charge < -0.3 is 19.3 Å². The van der Waals surface area contributed by atoms with Crippen molar-refractivity contribution in [2.75, 3.05) is 33.0 Å². The topological polar surface area (TPSA) is 47.9 Å². The normalized spacial score (nSPS) is 13.3. The molecule has 0 saturated carbocycles. The maximum atomic E-state index is 8.94. The fourth-order valence-electron chi connectivity index (χ4n) is 5.14.